The number of hydrogen-bond donors (Lipinski definition) is 1. The highest BCUT2D eigenvalue weighted by atomic mass is 16.5. The molecular weight excluding hydrogens is 290 g/mol. The van der Waals surface area contributed by atoms with Gasteiger partial charge in [-0.15, -0.1) is 0 Å². The van der Waals surface area contributed by atoms with E-state index >= 15 is 0 Å². The maximum atomic E-state index is 11.2. The summed E-state index contributed by atoms with van der Waals surface area (Å²) in [6.45, 7) is 5.64. The van der Waals surface area contributed by atoms with Gasteiger partial charge < -0.3 is 15.0 Å². The van der Waals surface area contributed by atoms with Crippen molar-refractivity contribution in [3.63, 3.8) is 0 Å². The average Bonchev–Trinajstić information content (AvgIpc) is 2.96. The van der Waals surface area contributed by atoms with E-state index in [-0.39, 0.29) is 5.97 Å². The van der Waals surface area contributed by atoms with Gasteiger partial charge in [0.1, 0.15) is 0 Å². The first kappa shape index (κ1) is 18.1. The van der Waals surface area contributed by atoms with E-state index in [1.54, 1.807) is 0 Å². The van der Waals surface area contributed by atoms with Crippen LogP contribution in [0, 0.1) is 5.41 Å². The highest BCUT2D eigenvalue weighted by molar-refractivity contribution is 5.80. The van der Waals surface area contributed by atoms with Crippen molar-refractivity contribution in [2.75, 3.05) is 33.3 Å². The second-order valence-electron chi connectivity index (χ2n) is 6.97. The third-order valence-electron chi connectivity index (χ3n) is 5.26. The van der Waals surface area contributed by atoms with E-state index in [4.69, 9.17) is 4.74 Å². The Morgan fingerprint density at radius 1 is 1.22 bits per heavy atom. The predicted molar refractivity (Wildman–Crippen MR) is 93.6 cm³/mol. The summed E-state index contributed by atoms with van der Waals surface area (Å²) in [6.07, 6.45) is 10.4. The number of guanidine groups is 1. The Morgan fingerprint density at radius 2 is 2.00 bits per heavy atom. The van der Waals surface area contributed by atoms with Crippen LogP contribution in [-0.4, -0.2) is 50.1 Å². The average molecular weight is 323 g/mol. The number of aliphatic imine (C=N–C) groups is 1. The fourth-order valence-electron chi connectivity index (χ4n) is 3.71. The topological polar surface area (TPSA) is 53.9 Å². The summed E-state index contributed by atoms with van der Waals surface area (Å²) in [4.78, 5) is 18.1. The van der Waals surface area contributed by atoms with Crippen LogP contribution in [0.15, 0.2) is 4.99 Å². The van der Waals surface area contributed by atoms with Crippen LogP contribution in [0.25, 0.3) is 0 Å². The van der Waals surface area contributed by atoms with Gasteiger partial charge in [0.05, 0.1) is 6.61 Å². The lowest BCUT2D eigenvalue weighted by Crippen LogP contribution is -2.42. The number of rotatable bonds is 8. The number of ether oxygens (including phenoxy) is 1. The number of esters is 1. The summed E-state index contributed by atoms with van der Waals surface area (Å²) < 4.78 is 4.93. The summed E-state index contributed by atoms with van der Waals surface area (Å²) in [5, 5.41) is 3.50. The van der Waals surface area contributed by atoms with E-state index in [9.17, 15) is 4.79 Å². The molecule has 5 heteroatoms. The highest BCUT2D eigenvalue weighted by Crippen LogP contribution is 2.47. The molecule has 132 valence electrons. The molecule has 0 unspecified atom stereocenters. The molecule has 2 fully saturated rings. The largest absolute Gasteiger partial charge is 0.466 e. The minimum absolute atomic E-state index is 0.0648. The maximum absolute atomic E-state index is 11.2. The van der Waals surface area contributed by atoms with Crippen molar-refractivity contribution in [1.29, 1.82) is 0 Å². The molecule has 0 aromatic rings. The number of unbranched alkanes of at least 4 members (excludes halogenated alkanes) is 3. The molecule has 0 aromatic carbocycles. The van der Waals surface area contributed by atoms with Gasteiger partial charge in [-0.3, -0.25) is 9.79 Å². The van der Waals surface area contributed by atoms with Crippen LogP contribution in [0.1, 0.15) is 64.7 Å². The number of carbonyl (C=O) groups is 1. The van der Waals surface area contributed by atoms with Crippen LogP contribution in [0.5, 0.6) is 0 Å². The fraction of sp³-hybridized carbons (Fsp3) is 0.889. The Labute approximate surface area is 140 Å². The summed E-state index contributed by atoms with van der Waals surface area (Å²) in [5.74, 6) is 1.00. The van der Waals surface area contributed by atoms with Crippen LogP contribution in [-0.2, 0) is 9.53 Å². The summed E-state index contributed by atoms with van der Waals surface area (Å²) >= 11 is 0. The van der Waals surface area contributed by atoms with E-state index in [0.717, 1.165) is 44.7 Å². The van der Waals surface area contributed by atoms with Crippen molar-refractivity contribution in [2.45, 2.75) is 64.7 Å². The molecule has 23 heavy (non-hydrogen) atoms. The van der Waals surface area contributed by atoms with Crippen LogP contribution in [0.3, 0.4) is 0 Å². The predicted octanol–water partition coefficient (Wildman–Crippen LogP) is 2.95. The molecule has 5 nitrogen and oxygen atoms in total. The molecule has 1 aliphatic carbocycles. The number of nitrogens with one attached hydrogen (secondary N) is 1. The van der Waals surface area contributed by atoms with Crippen molar-refractivity contribution in [3.8, 4) is 0 Å². The van der Waals surface area contributed by atoms with E-state index in [1.165, 1.54) is 32.2 Å². The van der Waals surface area contributed by atoms with Crippen molar-refractivity contribution in [3.05, 3.63) is 0 Å². The first-order valence-corrected chi connectivity index (χ1v) is 9.30. The molecule has 2 rings (SSSR count). The minimum atomic E-state index is -0.0648. The first-order chi connectivity index (χ1) is 11.2. The summed E-state index contributed by atoms with van der Waals surface area (Å²) in [7, 11) is 1.88. The fourth-order valence-corrected chi connectivity index (χ4v) is 3.71. The molecular formula is C18H33N3O2. The van der Waals surface area contributed by atoms with Gasteiger partial charge in [0.2, 0.25) is 0 Å². The van der Waals surface area contributed by atoms with Gasteiger partial charge in [-0.25, -0.2) is 0 Å². The molecule has 2 aliphatic rings. The zero-order chi connectivity index (χ0) is 16.5. The van der Waals surface area contributed by atoms with Crippen LogP contribution >= 0.6 is 0 Å². The Morgan fingerprint density at radius 3 is 2.61 bits per heavy atom. The van der Waals surface area contributed by atoms with E-state index in [2.05, 4.69) is 15.2 Å². The standard InChI is InChI=1S/C18H33N3O2/c1-3-23-16(22)9-6-4-5-7-13-20-17(19-2)21-14-12-18(15-21)10-8-11-18/h3-15H2,1-2H3,(H,19,20). The third kappa shape index (κ3) is 5.40. The monoisotopic (exact) mass is 323 g/mol. The molecule has 1 spiro atoms. The van der Waals surface area contributed by atoms with Gasteiger partial charge in [0.25, 0.3) is 0 Å². The van der Waals surface area contributed by atoms with Crippen LogP contribution < -0.4 is 5.32 Å². The Hall–Kier alpha value is -1.26. The zero-order valence-electron chi connectivity index (χ0n) is 14.9. The van der Waals surface area contributed by atoms with Crippen molar-refractivity contribution < 1.29 is 9.53 Å². The second-order valence-corrected chi connectivity index (χ2v) is 6.97. The second kappa shape index (κ2) is 9.14. The maximum Gasteiger partial charge on any atom is 0.305 e. The van der Waals surface area contributed by atoms with Gasteiger partial charge in [-0.1, -0.05) is 19.3 Å². The lowest BCUT2D eigenvalue weighted by molar-refractivity contribution is -0.143. The number of likely N-dealkylation sites (tertiary alicyclic amines) is 1. The molecule has 1 saturated carbocycles. The minimum Gasteiger partial charge on any atom is -0.466 e. The molecule has 1 aliphatic heterocycles. The van der Waals surface area contributed by atoms with Gasteiger partial charge in [0, 0.05) is 33.1 Å². The Kier molecular flexibility index (Phi) is 7.18. The molecule has 0 radical (unpaired) electrons. The van der Waals surface area contributed by atoms with E-state index in [0.29, 0.717) is 18.4 Å². The van der Waals surface area contributed by atoms with Gasteiger partial charge >= 0.3 is 5.97 Å². The third-order valence-corrected chi connectivity index (χ3v) is 5.26. The number of carbonyl (C=O) groups excluding carboxylic acids is 1. The van der Waals surface area contributed by atoms with Crippen molar-refractivity contribution in [2.24, 2.45) is 10.4 Å². The molecule has 0 aromatic heterocycles. The van der Waals surface area contributed by atoms with Gasteiger partial charge in [-0.05, 0) is 44.4 Å². The first-order valence-electron chi connectivity index (χ1n) is 9.30. The Balaban J connectivity index is 1.52. The Bertz CT molecular complexity index is 405. The molecule has 1 N–H and O–H groups in total. The lowest BCUT2D eigenvalue weighted by atomic mass is 9.68. The SMILES string of the molecule is CCOC(=O)CCCCCCNC(=NC)N1CCC2(CCC2)C1. The van der Waals surface area contributed by atoms with E-state index < -0.39 is 0 Å². The van der Waals surface area contributed by atoms with Crippen LogP contribution in [0.4, 0.5) is 0 Å². The van der Waals surface area contributed by atoms with Crippen LogP contribution in [0.2, 0.25) is 0 Å². The molecule has 0 amide bonds. The van der Waals surface area contributed by atoms with Crippen molar-refractivity contribution in [1.82, 2.24) is 10.2 Å². The zero-order valence-corrected chi connectivity index (χ0v) is 14.9. The molecule has 1 saturated heterocycles. The molecule has 1 heterocycles. The quantitative estimate of drug-likeness (QED) is 0.323. The molecule has 0 bridgehead atoms. The lowest BCUT2D eigenvalue weighted by Gasteiger charge is -2.38. The number of nitrogens with zero attached hydrogens (tertiary/aromatic N) is 2. The number of hydrogen-bond acceptors (Lipinski definition) is 3. The normalized spacial score (nSPS) is 19.7. The highest BCUT2D eigenvalue weighted by Gasteiger charge is 2.43. The van der Waals surface area contributed by atoms with E-state index in [1.807, 2.05) is 14.0 Å². The van der Waals surface area contributed by atoms with Gasteiger partial charge in [-0.2, -0.15) is 0 Å². The summed E-state index contributed by atoms with van der Waals surface area (Å²) in [5.41, 5.74) is 0.616. The summed E-state index contributed by atoms with van der Waals surface area (Å²) in [6, 6.07) is 0. The molecule has 0 atom stereocenters. The van der Waals surface area contributed by atoms with Gasteiger partial charge in [0.15, 0.2) is 5.96 Å². The van der Waals surface area contributed by atoms with Crippen molar-refractivity contribution >= 4 is 11.9 Å². The smallest absolute Gasteiger partial charge is 0.305 e.